The maximum atomic E-state index is 5.26. The van der Waals surface area contributed by atoms with Crippen molar-refractivity contribution in [1.82, 2.24) is 0 Å². The fourth-order valence-corrected chi connectivity index (χ4v) is 1.15. The smallest absolute Gasteiger partial charge is 0.127 e. The van der Waals surface area contributed by atoms with Crippen molar-refractivity contribution in [2.24, 2.45) is 0 Å². The lowest BCUT2D eigenvalue weighted by Gasteiger charge is -1.93. The van der Waals surface area contributed by atoms with Crippen molar-refractivity contribution >= 4 is 0 Å². The fraction of sp³-hybridized carbons (Fsp3) is 0.250. The predicted molar refractivity (Wildman–Crippen MR) is 35.9 cm³/mol. The molecule has 1 nitrogen and oxygen atoms in total. The Morgan fingerprint density at radius 2 is 2.33 bits per heavy atom. The summed E-state index contributed by atoms with van der Waals surface area (Å²) in [6.07, 6.45) is 6.31. The molecule has 0 saturated carbocycles. The molecule has 0 bridgehead atoms. The van der Waals surface area contributed by atoms with Crippen LogP contribution in [0.15, 0.2) is 35.1 Å². The maximum Gasteiger partial charge on any atom is 0.127 e. The Labute approximate surface area is 54.3 Å². The van der Waals surface area contributed by atoms with Crippen LogP contribution in [0, 0.1) is 0 Å². The van der Waals surface area contributed by atoms with Crippen LogP contribution in [-0.4, -0.2) is 6.61 Å². The standard InChI is InChI=1S/C8H8O/c1-6-4-7-2-3-9-8(7)5-6/h2,4-5H,3H2,1H3. The molecule has 1 heterocycles. The zero-order valence-electron chi connectivity index (χ0n) is 5.35. The van der Waals surface area contributed by atoms with Gasteiger partial charge in [0, 0.05) is 5.57 Å². The average molecular weight is 120 g/mol. The van der Waals surface area contributed by atoms with E-state index in [1.54, 1.807) is 0 Å². The van der Waals surface area contributed by atoms with Gasteiger partial charge < -0.3 is 4.74 Å². The van der Waals surface area contributed by atoms with Gasteiger partial charge in [-0.1, -0.05) is 0 Å². The van der Waals surface area contributed by atoms with Crippen molar-refractivity contribution in [3.05, 3.63) is 35.1 Å². The molecular weight excluding hydrogens is 112 g/mol. The molecule has 0 atom stereocenters. The quantitative estimate of drug-likeness (QED) is 0.473. The highest BCUT2D eigenvalue weighted by Gasteiger charge is 2.14. The summed E-state index contributed by atoms with van der Waals surface area (Å²) in [5.74, 6) is 1.05. The Morgan fingerprint density at radius 3 is 3.11 bits per heavy atom. The molecule has 0 aromatic rings. The first kappa shape index (κ1) is 4.86. The van der Waals surface area contributed by atoms with Crippen LogP contribution in [0.25, 0.3) is 0 Å². The molecule has 9 heavy (non-hydrogen) atoms. The number of rotatable bonds is 0. The summed E-state index contributed by atoms with van der Waals surface area (Å²) < 4.78 is 5.26. The SMILES string of the molecule is CC1=CC2=CCOC2=C1. The van der Waals surface area contributed by atoms with Crippen molar-refractivity contribution < 1.29 is 4.74 Å². The molecule has 0 aromatic carbocycles. The molecule has 1 aliphatic carbocycles. The van der Waals surface area contributed by atoms with Crippen molar-refractivity contribution in [2.45, 2.75) is 6.92 Å². The lowest BCUT2D eigenvalue weighted by molar-refractivity contribution is 0.277. The van der Waals surface area contributed by atoms with Crippen molar-refractivity contribution in [3.8, 4) is 0 Å². The first-order valence-corrected chi connectivity index (χ1v) is 3.09. The summed E-state index contributed by atoms with van der Waals surface area (Å²) in [5.41, 5.74) is 2.54. The number of allylic oxidation sites excluding steroid dienone is 3. The third-order valence-corrected chi connectivity index (χ3v) is 1.57. The topological polar surface area (TPSA) is 9.23 Å². The Bertz CT molecular complexity index is 231. The second-order valence-electron chi connectivity index (χ2n) is 2.37. The van der Waals surface area contributed by atoms with E-state index in [0.717, 1.165) is 12.4 Å². The van der Waals surface area contributed by atoms with Crippen LogP contribution in [0.4, 0.5) is 0 Å². The van der Waals surface area contributed by atoms with E-state index in [0.29, 0.717) is 0 Å². The highest BCUT2D eigenvalue weighted by molar-refractivity contribution is 5.51. The van der Waals surface area contributed by atoms with Crippen molar-refractivity contribution in [3.63, 3.8) is 0 Å². The molecule has 0 amide bonds. The summed E-state index contributed by atoms with van der Waals surface area (Å²) in [6, 6.07) is 0. The summed E-state index contributed by atoms with van der Waals surface area (Å²) in [4.78, 5) is 0. The van der Waals surface area contributed by atoms with E-state index in [-0.39, 0.29) is 0 Å². The number of ether oxygens (including phenoxy) is 1. The zero-order valence-corrected chi connectivity index (χ0v) is 5.35. The zero-order chi connectivity index (χ0) is 6.27. The van der Waals surface area contributed by atoms with E-state index in [9.17, 15) is 0 Å². The van der Waals surface area contributed by atoms with Gasteiger partial charge in [-0.25, -0.2) is 0 Å². The Kier molecular flexibility index (Phi) is 0.810. The Balaban J connectivity index is 2.46. The molecule has 2 rings (SSSR count). The van der Waals surface area contributed by atoms with Crippen LogP contribution >= 0.6 is 0 Å². The van der Waals surface area contributed by atoms with Crippen LogP contribution in [0.2, 0.25) is 0 Å². The summed E-state index contributed by atoms with van der Waals surface area (Å²) in [7, 11) is 0. The van der Waals surface area contributed by atoms with Crippen LogP contribution in [-0.2, 0) is 4.74 Å². The van der Waals surface area contributed by atoms with Crippen molar-refractivity contribution in [2.75, 3.05) is 6.61 Å². The molecule has 46 valence electrons. The third kappa shape index (κ3) is 0.611. The minimum absolute atomic E-state index is 0.755. The van der Waals surface area contributed by atoms with Gasteiger partial charge in [0.05, 0.1) is 0 Å². The third-order valence-electron chi connectivity index (χ3n) is 1.57. The number of hydrogen-bond acceptors (Lipinski definition) is 1. The monoisotopic (exact) mass is 120 g/mol. The maximum absolute atomic E-state index is 5.26. The van der Waals surface area contributed by atoms with E-state index >= 15 is 0 Å². The van der Waals surface area contributed by atoms with Gasteiger partial charge in [0.25, 0.3) is 0 Å². The molecule has 0 spiro atoms. The van der Waals surface area contributed by atoms with E-state index in [1.165, 1.54) is 11.1 Å². The molecular formula is C8H8O. The largest absolute Gasteiger partial charge is 0.489 e. The molecule has 0 aromatic heterocycles. The van der Waals surface area contributed by atoms with Gasteiger partial charge in [-0.15, -0.1) is 0 Å². The van der Waals surface area contributed by atoms with Crippen LogP contribution in [0.3, 0.4) is 0 Å². The van der Waals surface area contributed by atoms with Gasteiger partial charge in [0.15, 0.2) is 0 Å². The molecule has 1 aliphatic heterocycles. The van der Waals surface area contributed by atoms with Crippen LogP contribution in [0.5, 0.6) is 0 Å². The van der Waals surface area contributed by atoms with Gasteiger partial charge in [0.1, 0.15) is 12.4 Å². The average Bonchev–Trinajstić information content (AvgIpc) is 2.22. The van der Waals surface area contributed by atoms with E-state index in [2.05, 4.69) is 25.2 Å². The van der Waals surface area contributed by atoms with Gasteiger partial charge in [-0.2, -0.15) is 0 Å². The van der Waals surface area contributed by atoms with Gasteiger partial charge in [-0.3, -0.25) is 0 Å². The fourth-order valence-electron chi connectivity index (χ4n) is 1.15. The van der Waals surface area contributed by atoms with Gasteiger partial charge >= 0.3 is 0 Å². The highest BCUT2D eigenvalue weighted by Crippen LogP contribution is 2.27. The minimum Gasteiger partial charge on any atom is -0.489 e. The molecule has 2 aliphatic rings. The second-order valence-corrected chi connectivity index (χ2v) is 2.37. The highest BCUT2D eigenvalue weighted by atomic mass is 16.5. The Hall–Kier alpha value is -0.980. The minimum atomic E-state index is 0.755. The van der Waals surface area contributed by atoms with Gasteiger partial charge in [-0.05, 0) is 30.7 Å². The molecule has 0 radical (unpaired) electrons. The molecule has 1 heteroatoms. The summed E-state index contributed by atoms with van der Waals surface area (Å²) >= 11 is 0. The normalized spacial score (nSPS) is 22.1. The first-order valence-electron chi connectivity index (χ1n) is 3.09. The number of hydrogen-bond donors (Lipinski definition) is 0. The molecule has 0 fully saturated rings. The molecule has 0 N–H and O–H groups in total. The summed E-state index contributed by atoms with van der Waals surface area (Å²) in [5, 5.41) is 0. The van der Waals surface area contributed by atoms with E-state index in [1.807, 2.05) is 0 Å². The summed E-state index contributed by atoms with van der Waals surface area (Å²) in [6.45, 7) is 2.83. The van der Waals surface area contributed by atoms with E-state index < -0.39 is 0 Å². The predicted octanol–water partition coefficient (Wildman–Crippen LogP) is 1.79. The first-order chi connectivity index (χ1) is 4.36. The van der Waals surface area contributed by atoms with Crippen molar-refractivity contribution in [1.29, 1.82) is 0 Å². The lowest BCUT2D eigenvalue weighted by atomic mass is 10.3. The second kappa shape index (κ2) is 1.50. The molecule has 0 saturated heterocycles. The number of fused-ring (bicyclic) bond motifs is 1. The lowest BCUT2D eigenvalue weighted by Crippen LogP contribution is -1.78. The Morgan fingerprint density at radius 1 is 1.44 bits per heavy atom. The van der Waals surface area contributed by atoms with Gasteiger partial charge in [0.2, 0.25) is 0 Å². The van der Waals surface area contributed by atoms with Crippen LogP contribution in [0.1, 0.15) is 6.92 Å². The molecule has 0 unspecified atom stereocenters. The van der Waals surface area contributed by atoms with E-state index in [4.69, 9.17) is 4.74 Å². The van der Waals surface area contributed by atoms with Crippen LogP contribution < -0.4 is 0 Å².